The zero-order valence-corrected chi connectivity index (χ0v) is 20.0. The van der Waals surface area contributed by atoms with Gasteiger partial charge in [-0.1, -0.05) is 6.07 Å². The van der Waals surface area contributed by atoms with Gasteiger partial charge in [0, 0.05) is 28.5 Å². The number of hydrogen-bond acceptors (Lipinski definition) is 6. The largest absolute Gasteiger partial charge is 0.497 e. The number of amides is 2. The molecule has 0 spiro atoms. The van der Waals surface area contributed by atoms with Gasteiger partial charge in [0.1, 0.15) is 16.4 Å². The number of nitrogens with one attached hydrogen (secondary N) is 3. The van der Waals surface area contributed by atoms with Crippen LogP contribution in [-0.2, 0) is 14.8 Å². The maximum absolute atomic E-state index is 13.1. The average molecular weight is 496 g/mol. The second-order valence-corrected chi connectivity index (χ2v) is 9.65. The molecule has 182 valence electrons. The highest BCUT2D eigenvalue weighted by atomic mass is 32.2. The van der Waals surface area contributed by atoms with E-state index in [1.54, 1.807) is 54.6 Å². The molecular formula is C25H25N3O6S. The molecule has 1 saturated carbocycles. The van der Waals surface area contributed by atoms with Crippen LogP contribution in [0.4, 0.5) is 17.1 Å². The number of hydrogen-bond donors (Lipinski definition) is 3. The van der Waals surface area contributed by atoms with Gasteiger partial charge in [-0.25, -0.2) is 8.42 Å². The van der Waals surface area contributed by atoms with E-state index in [9.17, 15) is 18.0 Å². The van der Waals surface area contributed by atoms with E-state index in [0.717, 1.165) is 12.8 Å². The monoisotopic (exact) mass is 495 g/mol. The molecule has 0 aromatic heterocycles. The third-order valence-corrected chi connectivity index (χ3v) is 6.80. The minimum atomic E-state index is -4.04. The van der Waals surface area contributed by atoms with Crippen molar-refractivity contribution in [1.82, 2.24) is 0 Å². The first-order chi connectivity index (χ1) is 16.8. The number of methoxy groups -OCH3 is 2. The molecule has 2 amide bonds. The van der Waals surface area contributed by atoms with Crippen LogP contribution in [-0.4, -0.2) is 34.5 Å². The molecule has 3 aromatic rings. The van der Waals surface area contributed by atoms with Gasteiger partial charge in [0.2, 0.25) is 5.91 Å². The van der Waals surface area contributed by atoms with Gasteiger partial charge in [-0.05, 0) is 73.5 Å². The lowest BCUT2D eigenvalue weighted by Gasteiger charge is -2.14. The number of anilines is 3. The fourth-order valence-electron chi connectivity index (χ4n) is 3.36. The number of carbonyl (C=O) groups is 2. The number of benzene rings is 3. The summed E-state index contributed by atoms with van der Waals surface area (Å²) in [6, 6.07) is 17.3. The highest BCUT2D eigenvalue weighted by Crippen LogP contribution is 2.31. The number of ether oxygens (including phenoxy) is 2. The highest BCUT2D eigenvalue weighted by Gasteiger charge is 2.29. The third-order valence-electron chi connectivity index (χ3n) is 5.39. The second-order valence-electron chi connectivity index (χ2n) is 8.00. The van der Waals surface area contributed by atoms with Crippen molar-refractivity contribution in [2.75, 3.05) is 29.6 Å². The lowest BCUT2D eigenvalue weighted by Crippen LogP contribution is -2.17. The Morgan fingerprint density at radius 1 is 0.829 bits per heavy atom. The van der Waals surface area contributed by atoms with Gasteiger partial charge in [-0.15, -0.1) is 0 Å². The molecular weight excluding hydrogens is 470 g/mol. The Bertz CT molecular complexity index is 1350. The molecule has 0 saturated heterocycles. The molecule has 3 N–H and O–H groups in total. The van der Waals surface area contributed by atoms with Crippen LogP contribution in [0.15, 0.2) is 71.6 Å². The van der Waals surface area contributed by atoms with Crippen molar-refractivity contribution in [1.29, 1.82) is 0 Å². The van der Waals surface area contributed by atoms with Crippen molar-refractivity contribution in [2.45, 2.75) is 17.7 Å². The number of sulfonamides is 1. The Balaban J connectivity index is 1.53. The van der Waals surface area contributed by atoms with E-state index in [0.29, 0.717) is 22.7 Å². The maximum Gasteiger partial charge on any atom is 0.265 e. The van der Waals surface area contributed by atoms with Crippen molar-refractivity contribution >= 4 is 38.9 Å². The summed E-state index contributed by atoms with van der Waals surface area (Å²) >= 11 is 0. The van der Waals surface area contributed by atoms with Crippen LogP contribution in [0.1, 0.15) is 23.2 Å². The number of carbonyl (C=O) groups excluding carboxylic acids is 2. The number of rotatable bonds is 9. The van der Waals surface area contributed by atoms with Gasteiger partial charge in [-0.2, -0.15) is 0 Å². The van der Waals surface area contributed by atoms with E-state index >= 15 is 0 Å². The Morgan fingerprint density at radius 2 is 1.51 bits per heavy atom. The van der Waals surface area contributed by atoms with E-state index in [-0.39, 0.29) is 28.2 Å². The molecule has 3 aromatic carbocycles. The summed E-state index contributed by atoms with van der Waals surface area (Å²) in [7, 11) is -1.15. The van der Waals surface area contributed by atoms with E-state index in [4.69, 9.17) is 9.47 Å². The fourth-order valence-corrected chi connectivity index (χ4v) is 4.62. The van der Waals surface area contributed by atoms with E-state index in [1.807, 2.05) is 0 Å². The Morgan fingerprint density at radius 3 is 2.17 bits per heavy atom. The Labute approximate surface area is 203 Å². The molecule has 0 radical (unpaired) electrons. The topological polar surface area (TPSA) is 123 Å². The van der Waals surface area contributed by atoms with Crippen LogP contribution < -0.4 is 24.8 Å². The predicted octanol–water partition coefficient (Wildman–Crippen LogP) is 4.11. The molecule has 0 unspecified atom stereocenters. The van der Waals surface area contributed by atoms with Gasteiger partial charge in [0.05, 0.1) is 14.2 Å². The van der Waals surface area contributed by atoms with Crippen LogP contribution in [0.25, 0.3) is 0 Å². The van der Waals surface area contributed by atoms with Crippen LogP contribution in [0.3, 0.4) is 0 Å². The molecule has 1 fully saturated rings. The van der Waals surface area contributed by atoms with Crippen molar-refractivity contribution < 1.29 is 27.5 Å². The summed E-state index contributed by atoms with van der Waals surface area (Å²) in [5, 5.41) is 5.51. The van der Waals surface area contributed by atoms with Crippen LogP contribution in [0, 0.1) is 5.92 Å². The first-order valence-corrected chi connectivity index (χ1v) is 12.3. The Kier molecular flexibility index (Phi) is 6.92. The first-order valence-electron chi connectivity index (χ1n) is 10.9. The molecule has 0 aliphatic heterocycles. The second kappa shape index (κ2) is 10.1. The van der Waals surface area contributed by atoms with E-state index in [2.05, 4.69) is 15.4 Å². The lowest BCUT2D eigenvalue weighted by atomic mass is 10.1. The SMILES string of the molecule is COc1ccc(NS(=O)(=O)c2cc(NC(=O)c3cccc(NC(=O)C4CC4)c3)ccc2OC)cc1. The van der Waals surface area contributed by atoms with Crippen molar-refractivity contribution in [3.63, 3.8) is 0 Å². The first kappa shape index (κ1) is 24.1. The lowest BCUT2D eigenvalue weighted by molar-refractivity contribution is -0.117. The molecule has 0 bridgehead atoms. The quantitative estimate of drug-likeness (QED) is 0.411. The zero-order chi connectivity index (χ0) is 25.0. The standard InChI is InChI=1S/C25H25N3O6S/c1-33-21-11-8-18(9-12-21)28-35(31,32)23-15-20(10-13-22(23)34-2)27-25(30)17-4-3-5-19(14-17)26-24(29)16-6-7-16/h3-5,8-16,28H,6-7H2,1-2H3,(H,26,29)(H,27,30). The molecule has 1 aliphatic rings. The molecule has 4 rings (SSSR count). The van der Waals surface area contributed by atoms with Gasteiger partial charge in [0.25, 0.3) is 15.9 Å². The summed E-state index contributed by atoms with van der Waals surface area (Å²) in [5.41, 5.74) is 1.44. The minimum Gasteiger partial charge on any atom is -0.497 e. The fraction of sp³-hybridized carbons (Fsp3) is 0.200. The van der Waals surface area contributed by atoms with Crippen LogP contribution in [0.2, 0.25) is 0 Å². The average Bonchev–Trinajstić information content (AvgIpc) is 3.70. The van der Waals surface area contributed by atoms with Crippen molar-refractivity contribution in [3.05, 3.63) is 72.3 Å². The van der Waals surface area contributed by atoms with Crippen molar-refractivity contribution in [2.24, 2.45) is 5.92 Å². The summed E-state index contributed by atoms with van der Waals surface area (Å²) in [6.45, 7) is 0. The van der Waals surface area contributed by atoms with Crippen LogP contribution in [0.5, 0.6) is 11.5 Å². The Hall–Kier alpha value is -4.05. The highest BCUT2D eigenvalue weighted by molar-refractivity contribution is 7.92. The van der Waals surface area contributed by atoms with Gasteiger partial charge in [-0.3, -0.25) is 14.3 Å². The molecule has 0 heterocycles. The smallest absolute Gasteiger partial charge is 0.265 e. The van der Waals surface area contributed by atoms with Crippen molar-refractivity contribution in [3.8, 4) is 11.5 Å². The maximum atomic E-state index is 13.1. The van der Waals surface area contributed by atoms with Gasteiger partial charge < -0.3 is 20.1 Å². The van der Waals surface area contributed by atoms with Gasteiger partial charge >= 0.3 is 0 Å². The summed E-state index contributed by atoms with van der Waals surface area (Å²) in [5.74, 6) is 0.236. The third kappa shape index (κ3) is 5.90. The molecule has 0 atom stereocenters. The molecule has 9 nitrogen and oxygen atoms in total. The summed E-state index contributed by atoms with van der Waals surface area (Å²) in [6.07, 6.45) is 1.75. The normalized spacial score (nSPS) is 13.0. The van der Waals surface area contributed by atoms with E-state index in [1.165, 1.54) is 26.4 Å². The van der Waals surface area contributed by atoms with E-state index < -0.39 is 15.9 Å². The predicted molar refractivity (Wildman–Crippen MR) is 133 cm³/mol. The summed E-state index contributed by atoms with van der Waals surface area (Å²) in [4.78, 5) is 24.7. The molecule has 1 aliphatic carbocycles. The minimum absolute atomic E-state index is 0.0404. The molecule has 35 heavy (non-hydrogen) atoms. The van der Waals surface area contributed by atoms with Gasteiger partial charge in [0.15, 0.2) is 0 Å². The zero-order valence-electron chi connectivity index (χ0n) is 19.2. The van der Waals surface area contributed by atoms with Crippen LogP contribution >= 0.6 is 0 Å². The summed E-state index contributed by atoms with van der Waals surface area (Å²) < 4.78 is 39.0. The molecule has 10 heteroatoms.